The number of hydrogen-bond donors (Lipinski definition) is 0. The second kappa shape index (κ2) is 7.90. The summed E-state index contributed by atoms with van der Waals surface area (Å²) >= 11 is 0. The first-order chi connectivity index (χ1) is 14.3. The van der Waals surface area contributed by atoms with Gasteiger partial charge in [0.2, 0.25) is 0 Å². The van der Waals surface area contributed by atoms with Crippen molar-refractivity contribution in [2.45, 2.75) is 25.7 Å². The average Bonchev–Trinajstić information content (AvgIpc) is 2.72. The standard InChI is InChI=1S/C23H24P.F6P/c1-2-19-17-18-24(20-11-5-3-6-12-20,21-13-7-4-8-14-21)23-16-10-9-15-22(19)23;1-7(2,3,4,5)6/h3-16,19H,2,17-18H2,1H3;/q+1;-1. The van der Waals surface area contributed by atoms with E-state index in [2.05, 4.69) is 91.9 Å². The van der Waals surface area contributed by atoms with Crippen LogP contribution in [0.4, 0.5) is 25.2 Å². The number of rotatable bonds is 3. The molecule has 1 unspecified atom stereocenters. The van der Waals surface area contributed by atoms with E-state index in [-0.39, 0.29) is 0 Å². The van der Waals surface area contributed by atoms with Crippen molar-refractivity contribution in [2.24, 2.45) is 0 Å². The number of halogens is 6. The van der Waals surface area contributed by atoms with E-state index in [1.165, 1.54) is 29.6 Å². The summed E-state index contributed by atoms with van der Waals surface area (Å²) in [5, 5.41) is 4.66. The van der Waals surface area contributed by atoms with Gasteiger partial charge in [-0.25, -0.2) is 0 Å². The van der Waals surface area contributed by atoms with Crippen LogP contribution in [-0.4, -0.2) is 6.16 Å². The van der Waals surface area contributed by atoms with Gasteiger partial charge in [-0.05, 0) is 54.7 Å². The maximum atomic E-state index is 9.87. The van der Waals surface area contributed by atoms with E-state index >= 15 is 0 Å². The summed E-state index contributed by atoms with van der Waals surface area (Å²) in [6, 6.07) is 31.7. The zero-order valence-electron chi connectivity index (χ0n) is 16.9. The van der Waals surface area contributed by atoms with E-state index in [4.69, 9.17) is 0 Å². The molecule has 4 rings (SSSR count). The van der Waals surface area contributed by atoms with Crippen molar-refractivity contribution in [3.63, 3.8) is 0 Å². The van der Waals surface area contributed by atoms with Crippen LogP contribution in [0.5, 0.6) is 0 Å². The van der Waals surface area contributed by atoms with Gasteiger partial charge in [0.25, 0.3) is 0 Å². The molecule has 0 fully saturated rings. The molecule has 1 atom stereocenters. The van der Waals surface area contributed by atoms with Gasteiger partial charge in [-0.2, -0.15) is 0 Å². The summed E-state index contributed by atoms with van der Waals surface area (Å²) in [6.07, 6.45) is 3.82. The molecule has 1 aliphatic rings. The average molecular weight is 476 g/mol. The summed E-state index contributed by atoms with van der Waals surface area (Å²) in [5.74, 6) is 0.710. The number of fused-ring (bicyclic) bond motifs is 1. The van der Waals surface area contributed by atoms with Gasteiger partial charge in [-0.1, -0.05) is 61.5 Å². The van der Waals surface area contributed by atoms with Gasteiger partial charge in [0.1, 0.15) is 23.2 Å². The third kappa shape index (κ3) is 6.30. The fraction of sp³-hybridized carbons (Fsp3) is 0.217. The van der Waals surface area contributed by atoms with Crippen LogP contribution < -0.4 is 15.9 Å². The molecule has 0 radical (unpaired) electrons. The van der Waals surface area contributed by atoms with Gasteiger partial charge >= 0.3 is 33.0 Å². The molecule has 0 amide bonds. The Hall–Kier alpha value is -1.90. The second-order valence-electron chi connectivity index (χ2n) is 7.62. The molecule has 1 heterocycles. The molecule has 0 aliphatic carbocycles. The van der Waals surface area contributed by atoms with E-state index in [9.17, 15) is 25.2 Å². The molecule has 0 nitrogen and oxygen atoms in total. The van der Waals surface area contributed by atoms with Crippen molar-refractivity contribution in [3.8, 4) is 0 Å². The molecule has 0 saturated carbocycles. The first-order valence-corrected chi connectivity index (χ1v) is 14.0. The fourth-order valence-corrected chi connectivity index (χ4v) is 8.99. The number of benzene rings is 3. The Balaban J connectivity index is 0.000000339. The van der Waals surface area contributed by atoms with Crippen molar-refractivity contribution >= 4 is 31.0 Å². The first kappa shape index (κ1) is 23.8. The van der Waals surface area contributed by atoms with Crippen molar-refractivity contribution in [2.75, 3.05) is 6.16 Å². The monoisotopic (exact) mass is 476 g/mol. The molecule has 3 aromatic rings. The van der Waals surface area contributed by atoms with Crippen LogP contribution in [0, 0.1) is 0 Å². The molecule has 31 heavy (non-hydrogen) atoms. The molecule has 0 saturated heterocycles. The molecular weight excluding hydrogens is 452 g/mol. The van der Waals surface area contributed by atoms with Crippen molar-refractivity contribution in [1.29, 1.82) is 0 Å². The summed E-state index contributed by atoms with van der Waals surface area (Å²) < 4.78 is 59.2. The number of hydrogen-bond acceptors (Lipinski definition) is 0. The van der Waals surface area contributed by atoms with Crippen molar-refractivity contribution in [3.05, 3.63) is 90.5 Å². The van der Waals surface area contributed by atoms with Gasteiger partial charge < -0.3 is 0 Å². The third-order valence-electron chi connectivity index (χ3n) is 5.49. The molecule has 8 heteroatoms. The van der Waals surface area contributed by atoms with Crippen molar-refractivity contribution < 1.29 is 25.2 Å². The fourth-order valence-electron chi connectivity index (χ4n) is 4.28. The van der Waals surface area contributed by atoms with Crippen LogP contribution in [0.15, 0.2) is 84.9 Å². The van der Waals surface area contributed by atoms with E-state index in [0.717, 1.165) is 0 Å². The van der Waals surface area contributed by atoms with Crippen molar-refractivity contribution in [1.82, 2.24) is 0 Å². The Morgan fingerprint density at radius 2 is 1.13 bits per heavy atom. The van der Waals surface area contributed by atoms with Crippen LogP contribution in [-0.2, 0) is 0 Å². The minimum atomic E-state index is -10.7. The van der Waals surface area contributed by atoms with Gasteiger partial charge in [0, 0.05) is 0 Å². The Morgan fingerprint density at radius 1 is 0.710 bits per heavy atom. The molecule has 0 N–H and O–H groups in total. The van der Waals surface area contributed by atoms with Crippen LogP contribution in [0.25, 0.3) is 0 Å². The zero-order chi connectivity index (χ0) is 22.8. The summed E-state index contributed by atoms with van der Waals surface area (Å²) in [4.78, 5) is 0. The third-order valence-corrected chi connectivity index (χ3v) is 10.0. The zero-order valence-corrected chi connectivity index (χ0v) is 18.7. The minimum absolute atomic E-state index is 0.710. The molecule has 0 bridgehead atoms. The molecule has 1 aliphatic heterocycles. The predicted molar refractivity (Wildman–Crippen MR) is 121 cm³/mol. The van der Waals surface area contributed by atoms with Gasteiger partial charge in [0.15, 0.2) is 0 Å². The Morgan fingerprint density at radius 3 is 1.58 bits per heavy atom. The van der Waals surface area contributed by atoms with Gasteiger partial charge in [-0.3, -0.25) is 0 Å². The topological polar surface area (TPSA) is 0 Å². The molecule has 0 spiro atoms. The van der Waals surface area contributed by atoms with E-state index < -0.39 is 15.1 Å². The molecular formula is C23H24F6P2. The molecule has 0 aromatic heterocycles. The van der Waals surface area contributed by atoms with Gasteiger partial charge in [-0.15, -0.1) is 0 Å². The molecule has 3 aromatic carbocycles. The first-order valence-electron chi connectivity index (χ1n) is 9.96. The van der Waals surface area contributed by atoms with Gasteiger partial charge in [0.05, 0.1) is 6.16 Å². The summed E-state index contributed by atoms with van der Waals surface area (Å²) in [6.45, 7) is 2.33. The maximum absolute atomic E-state index is 10.7. The second-order valence-corrected chi connectivity index (χ2v) is 13.1. The predicted octanol–water partition coefficient (Wildman–Crippen LogP) is 8.26. The van der Waals surface area contributed by atoms with E-state index in [1.807, 2.05) is 0 Å². The Labute approximate surface area is 178 Å². The molecule has 168 valence electrons. The SMILES string of the molecule is CCC1CC[P+](c2ccccc2)(c2ccccc2)c2ccccc21.F[P-](F)(F)(F)(F)F. The summed E-state index contributed by atoms with van der Waals surface area (Å²) in [5.41, 5.74) is 1.59. The van der Waals surface area contributed by atoms with E-state index in [1.54, 1.807) is 10.9 Å². The summed E-state index contributed by atoms with van der Waals surface area (Å²) in [7, 11) is -12.2. The van der Waals surface area contributed by atoms with Crippen LogP contribution in [0.3, 0.4) is 0 Å². The van der Waals surface area contributed by atoms with Crippen LogP contribution >= 0.6 is 15.1 Å². The Bertz CT molecular complexity index is 968. The normalized spacial score (nSPS) is 19.8. The van der Waals surface area contributed by atoms with E-state index in [0.29, 0.717) is 5.92 Å². The quantitative estimate of drug-likeness (QED) is 0.264. The van der Waals surface area contributed by atoms with Crippen LogP contribution in [0.2, 0.25) is 0 Å². The Kier molecular flexibility index (Phi) is 6.06. The van der Waals surface area contributed by atoms with Crippen LogP contribution in [0.1, 0.15) is 31.2 Å².